The molecule has 2 aliphatic rings. The molecule has 1 aromatic carbocycles. The number of aromatic nitrogens is 3. The van der Waals surface area contributed by atoms with Crippen molar-refractivity contribution in [3.8, 4) is 22.6 Å². The maximum Gasteiger partial charge on any atom is 0.303 e. The normalized spacial score (nSPS) is 20.2. The first-order chi connectivity index (χ1) is 16.1. The second-order valence-corrected chi connectivity index (χ2v) is 9.47. The van der Waals surface area contributed by atoms with Crippen molar-refractivity contribution in [2.24, 2.45) is 5.92 Å². The summed E-state index contributed by atoms with van der Waals surface area (Å²) in [6.07, 6.45) is 11.8. The molecule has 2 N–H and O–H groups in total. The molecule has 5 nitrogen and oxygen atoms in total. The summed E-state index contributed by atoms with van der Waals surface area (Å²) in [4.78, 5) is 23.9. The Morgan fingerprint density at radius 1 is 1.03 bits per heavy atom. The van der Waals surface area contributed by atoms with Crippen LogP contribution in [0.2, 0.25) is 0 Å². The van der Waals surface area contributed by atoms with Crippen molar-refractivity contribution in [3.63, 3.8) is 0 Å². The number of imidazole rings is 1. The van der Waals surface area contributed by atoms with Crippen molar-refractivity contribution in [2.45, 2.75) is 64.2 Å². The van der Waals surface area contributed by atoms with Gasteiger partial charge in [0.1, 0.15) is 5.82 Å². The lowest BCUT2D eigenvalue weighted by Gasteiger charge is -2.28. The lowest BCUT2D eigenvalue weighted by molar-refractivity contribution is -0.138. The first kappa shape index (κ1) is 21.6. The molecular formula is C28H31N3O2. The molecule has 0 bridgehead atoms. The standard InChI is InChI=1S/C28H31N3O2/c1-2-18-5-13-25-26(15-18)31-28(30-25)23-12-14-24(29-17-23)22-10-8-21(9-11-22)20-6-3-19(4-7-20)16-27(32)33/h8-12,14-15,17,19-20H,2-7,13,16H2,1H3,(H,30,31)(H,32,33). The van der Waals surface area contributed by atoms with Crippen LogP contribution in [-0.2, 0) is 11.2 Å². The van der Waals surface area contributed by atoms with Gasteiger partial charge in [0.2, 0.25) is 0 Å². The number of H-pyrrole nitrogens is 1. The smallest absolute Gasteiger partial charge is 0.303 e. The van der Waals surface area contributed by atoms with Crippen molar-refractivity contribution in [3.05, 3.63) is 65.1 Å². The number of aryl methyl sites for hydroxylation is 1. The van der Waals surface area contributed by atoms with Crippen LogP contribution in [-0.4, -0.2) is 26.0 Å². The van der Waals surface area contributed by atoms with Gasteiger partial charge >= 0.3 is 5.97 Å². The Balaban J connectivity index is 1.25. The predicted octanol–water partition coefficient (Wildman–Crippen LogP) is 6.63. The number of carbonyl (C=O) groups is 1. The van der Waals surface area contributed by atoms with Gasteiger partial charge in [-0.15, -0.1) is 0 Å². The van der Waals surface area contributed by atoms with E-state index in [1.54, 1.807) is 0 Å². The van der Waals surface area contributed by atoms with E-state index < -0.39 is 5.97 Å². The summed E-state index contributed by atoms with van der Waals surface area (Å²) in [6.45, 7) is 2.20. The fourth-order valence-electron chi connectivity index (χ4n) is 5.28. The predicted molar refractivity (Wildman–Crippen MR) is 131 cm³/mol. The number of rotatable bonds is 6. The third kappa shape index (κ3) is 4.77. The van der Waals surface area contributed by atoms with Crippen LogP contribution in [0.3, 0.4) is 0 Å². The van der Waals surface area contributed by atoms with Crippen LogP contribution in [0, 0.1) is 5.92 Å². The second-order valence-electron chi connectivity index (χ2n) is 9.47. The Kier molecular flexibility index (Phi) is 6.12. The molecule has 5 heteroatoms. The summed E-state index contributed by atoms with van der Waals surface area (Å²) in [5.74, 6) is 1.09. The van der Waals surface area contributed by atoms with E-state index in [4.69, 9.17) is 15.1 Å². The van der Waals surface area contributed by atoms with Gasteiger partial charge in [0.15, 0.2) is 0 Å². The molecule has 0 radical (unpaired) electrons. The zero-order valence-corrected chi connectivity index (χ0v) is 19.2. The highest BCUT2D eigenvalue weighted by atomic mass is 16.4. The molecule has 2 aromatic heterocycles. The molecule has 0 aliphatic heterocycles. The van der Waals surface area contributed by atoms with Crippen LogP contribution in [0.1, 0.15) is 74.7 Å². The van der Waals surface area contributed by atoms with Gasteiger partial charge in [-0.05, 0) is 80.6 Å². The fourth-order valence-corrected chi connectivity index (χ4v) is 5.28. The van der Waals surface area contributed by atoms with Gasteiger partial charge in [-0.1, -0.05) is 36.8 Å². The highest BCUT2D eigenvalue weighted by Gasteiger charge is 2.24. The maximum atomic E-state index is 10.9. The van der Waals surface area contributed by atoms with Gasteiger partial charge in [-0.25, -0.2) is 4.98 Å². The molecule has 0 unspecified atom stereocenters. The first-order valence-corrected chi connectivity index (χ1v) is 12.2. The third-order valence-corrected chi connectivity index (χ3v) is 7.33. The average Bonchev–Trinajstić information content (AvgIpc) is 3.28. The zero-order chi connectivity index (χ0) is 22.8. The highest BCUT2D eigenvalue weighted by molar-refractivity contribution is 5.67. The first-order valence-electron chi connectivity index (χ1n) is 12.2. The molecule has 2 heterocycles. The van der Waals surface area contributed by atoms with E-state index in [0.717, 1.165) is 73.3 Å². The summed E-state index contributed by atoms with van der Waals surface area (Å²) in [5.41, 5.74) is 8.19. The Labute approximate surface area is 195 Å². The van der Waals surface area contributed by atoms with Crippen LogP contribution in [0.25, 0.3) is 28.7 Å². The van der Waals surface area contributed by atoms with Crippen molar-refractivity contribution >= 4 is 12.0 Å². The fraction of sp³-hybridized carbons (Fsp3) is 0.393. The van der Waals surface area contributed by atoms with Crippen molar-refractivity contribution in [1.82, 2.24) is 15.0 Å². The number of carboxylic acids is 1. The Morgan fingerprint density at radius 3 is 2.45 bits per heavy atom. The molecular weight excluding hydrogens is 410 g/mol. The summed E-state index contributed by atoms with van der Waals surface area (Å²) < 4.78 is 0. The molecule has 5 rings (SSSR count). The summed E-state index contributed by atoms with van der Waals surface area (Å²) in [6, 6.07) is 12.9. The number of allylic oxidation sites excluding steroid dienone is 1. The van der Waals surface area contributed by atoms with E-state index in [-0.39, 0.29) is 0 Å². The molecule has 0 atom stereocenters. The number of pyridine rings is 1. The van der Waals surface area contributed by atoms with E-state index in [2.05, 4.69) is 54.4 Å². The number of carboxylic acid groups (broad SMARTS) is 1. The van der Waals surface area contributed by atoms with E-state index >= 15 is 0 Å². The van der Waals surface area contributed by atoms with E-state index in [9.17, 15) is 4.79 Å². The van der Waals surface area contributed by atoms with E-state index in [0.29, 0.717) is 18.3 Å². The topological polar surface area (TPSA) is 78.9 Å². The Bertz CT molecular complexity index is 1150. The molecule has 0 amide bonds. The van der Waals surface area contributed by atoms with Crippen LogP contribution in [0.15, 0.2) is 48.2 Å². The van der Waals surface area contributed by atoms with Crippen LogP contribution < -0.4 is 0 Å². The number of hydrogen-bond acceptors (Lipinski definition) is 3. The largest absolute Gasteiger partial charge is 0.481 e. The molecule has 170 valence electrons. The lowest BCUT2D eigenvalue weighted by Crippen LogP contribution is -2.16. The minimum atomic E-state index is -0.671. The minimum absolute atomic E-state index is 0.310. The van der Waals surface area contributed by atoms with Gasteiger partial charge in [0.25, 0.3) is 0 Å². The molecule has 1 fully saturated rings. The second kappa shape index (κ2) is 9.34. The van der Waals surface area contributed by atoms with Crippen molar-refractivity contribution < 1.29 is 9.90 Å². The SMILES string of the molecule is CCC1=Cc2nc(-c3ccc(-c4ccc(C5CCC(CC(=O)O)CC5)cc4)nc3)[nH]c2CC1. The highest BCUT2D eigenvalue weighted by Crippen LogP contribution is 2.37. The van der Waals surface area contributed by atoms with Crippen molar-refractivity contribution in [1.29, 1.82) is 0 Å². The Morgan fingerprint density at radius 2 is 1.79 bits per heavy atom. The van der Waals surface area contributed by atoms with E-state index in [1.165, 1.54) is 16.8 Å². The number of benzene rings is 1. The lowest BCUT2D eigenvalue weighted by atomic mass is 9.77. The third-order valence-electron chi connectivity index (χ3n) is 7.33. The number of fused-ring (bicyclic) bond motifs is 1. The van der Waals surface area contributed by atoms with Gasteiger partial charge in [0.05, 0.1) is 11.4 Å². The van der Waals surface area contributed by atoms with Crippen LogP contribution >= 0.6 is 0 Å². The number of hydrogen-bond donors (Lipinski definition) is 2. The number of nitrogens with one attached hydrogen (secondary N) is 1. The average molecular weight is 442 g/mol. The zero-order valence-electron chi connectivity index (χ0n) is 19.2. The molecule has 33 heavy (non-hydrogen) atoms. The number of aromatic amines is 1. The monoisotopic (exact) mass is 441 g/mol. The van der Waals surface area contributed by atoms with Gasteiger partial charge in [0, 0.05) is 29.4 Å². The quantitative estimate of drug-likeness (QED) is 0.450. The molecule has 0 saturated heterocycles. The number of nitrogens with zero attached hydrogens (tertiary/aromatic N) is 2. The van der Waals surface area contributed by atoms with E-state index in [1.807, 2.05) is 6.20 Å². The molecule has 1 saturated carbocycles. The summed E-state index contributed by atoms with van der Waals surface area (Å²) in [7, 11) is 0. The Hall–Kier alpha value is -3.21. The molecule has 3 aromatic rings. The van der Waals surface area contributed by atoms with Crippen LogP contribution in [0.5, 0.6) is 0 Å². The summed E-state index contributed by atoms with van der Waals surface area (Å²) in [5, 5.41) is 9.01. The van der Waals surface area contributed by atoms with Crippen LogP contribution in [0.4, 0.5) is 0 Å². The van der Waals surface area contributed by atoms with Gasteiger partial charge < -0.3 is 10.1 Å². The van der Waals surface area contributed by atoms with Gasteiger partial charge in [-0.3, -0.25) is 9.78 Å². The number of aliphatic carboxylic acids is 1. The maximum absolute atomic E-state index is 10.9. The van der Waals surface area contributed by atoms with Crippen molar-refractivity contribution in [2.75, 3.05) is 0 Å². The van der Waals surface area contributed by atoms with Gasteiger partial charge in [-0.2, -0.15) is 0 Å². The molecule has 2 aliphatic carbocycles. The minimum Gasteiger partial charge on any atom is -0.481 e. The summed E-state index contributed by atoms with van der Waals surface area (Å²) >= 11 is 0. The molecule has 0 spiro atoms.